The van der Waals surface area contributed by atoms with Gasteiger partial charge in [0.05, 0.1) is 5.69 Å². The van der Waals surface area contributed by atoms with Crippen LogP contribution >= 0.6 is 0 Å². The number of aryl methyl sites for hydroxylation is 2. The summed E-state index contributed by atoms with van der Waals surface area (Å²) in [4.78, 5) is 16.7. The Morgan fingerprint density at radius 1 is 1.36 bits per heavy atom. The minimum Gasteiger partial charge on any atom is -0.441 e. The van der Waals surface area contributed by atoms with E-state index in [4.69, 9.17) is 10.2 Å². The van der Waals surface area contributed by atoms with Gasteiger partial charge in [-0.25, -0.2) is 4.98 Å². The molecule has 5 heteroatoms. The molecule has 1 aliphatic rings. The molecule has 1 amide bonds. The summed E-state index contributed by atoms with van der Waals surface area (Å²) in [5.41, 5.74) is 8.37. The molecule has 1 saturated carbocycles. The van der Waals surface area contributed by atoms with Gasteiger partial charge in [-0.3, -0.25) is 4.79 Å². The third kappa shape index (κ3) is 3.04. The van der Waals surface area contributed by atoms with Crippen LogP contribution in [0.3, 0.4) is 0 Å². The maximum Gasteiger partial charge on any atom is 0.227 e. The van der Waals surface area contributed by atoms with E-state index in [-0.39, 0.29) is 17.9 Å². The Labute approximate surface area is 129 Å². The number of benzene rings is 1. The zero-order valence-corrected chi connectivity index (χ0v) is 12.9. The number of carbonyl (C=O) groups is 1. The average molecular weight is 299 g/mol. The molecule has 0 radical (unpaired) electrons. The Morgan fingerprint density at radius 2 is 2.18 bits per heavy atom. The molecule has 3 N–H and O–H groups in total. The number of nitrogens with two attached hydrogens (primary N) is 1. The van der Waals surface area contributed by atoms with Gasteiger partial charge in [-0.2, -0.15) is 0 Å². The molecule has 1 heterocycles. The maximum atomic E-state index is 12.3. The highest BCUT2D eigenvalue weighted by Gasteiger charge is 2.27. The standard InChI is InChI=1S/C17H21N3O2/c1-10-11(2)22-17(19-10)13-4-3-5-15(9-13)20-16(21)12-6-7-14(18)8-12/h3-5,9,12,14H,6-8,18H2,1-2H3,(H,20,21). The number of oxazole rings is 1. The van der Waals surface area contributed by atoms with E-state index < -0.39 is 0 Å². The Hall–Kier alpha value is -2.14. The summed E-state index contributed by atoms with van der Waals surface area (Å²) >= 11 is 0. The molecule has 2 aromatic rings. The topological polar surface area (TPSA) is 81.2 Å². The summed E-state index contributed by atoms with van der Waals surface area (Å²) in [6.45, 7) is 3.80. The maximum absolute atomic E-state index is 12.3. The van der Waals surface area contributed by atoms with Crippen LogP contribution in [0.15, 0.2) is 28.7 Å². The predicted molar refractivity (Wildman–Crippen MR) is 85.4 cm³/mol. The number of hydrogen-bond donors (Lipinski definition) is 2. The van der Waals surface area contributed by atoms with Crippen LogP contribution in [0, 0.1) is 19.8 Å². The lowest BCUT2D eigenvalue weighted by molar-refractivity contribution is -0.119. The first kappa shape index (κ1) is 14.8. The van der Waals surface area contributed by atoms with Crippen molar-refractivity contribution in [2.75, 3.05) is 5.32 Å². The number of rotatable bonds is 3. The van der Waals surface area contributed by atoms with E-state index in [0.717, 1.165) is 42.0 Å². The van der Waals surface area contributed by atoms with E-state index in [1.165, 1.54) is 0 Å². The van der Waals surface area contributed by atoms with E-state index in [9.17, 15) is 4.79 Å². The largest absolute Gasteiger partial charge is 0.441 e. The Morgan fingerprint density at radius 3 is 2.82 bits per heavy atom. The van der Waals surface area contributed by atoms with Gasteiger partial charge in [0, 0.05) is 23.2 Å². The summed E-state index contributed by atoms with van der Waals surface area (Å²) in [6, 6.07) is 7.73. The van der Waals surface area contributed by atoms with Crippen molar-refractivity contribution in [2.45, 2.75) is 39.2 Å². The highest BCUT2D eigenvalue weighted by Crippen LogP contribution is 2.27. The Balaban J connectivity index is 1.75. The first-order valence-electron chi connectivity index (χ1n) is 7.64. The summed E-state index contributed by atoms with van der Waals surface area (Å²) in [7, 11) is 0. The Kier molecular flexibility index (Phi) is 3.98. The van der Waals surface area contributed by atoms with Gasteiger partial charge in [-0.1, -0.05) is 6.07 Å². The molecule has 1 aromatic carbocycles. The molecule has 0 spiro atoms. The fourth-order valence-corrected chi connectivity index (χ4v) is 2.83. The number of anilines is 1. The van der Waals surface area contributed by atoms with E-state index in [2.05, 4.69) is 10.3 Å². The molecule has 116 valence electrons. The van der Waals surface area contributed by atoms with Crippen molar-refractivity contribution in [2.24, 2.45) is 11.7 Å². The predicted octanol–water partition coefficient (Wildman–Crippen LogP) is 3.02. The van der Waals surface area contributed by atoms with Gasteiger partial charge in [-0.05, 0) is 51.3 Å². The molecule has 0 bridgehead atoms. The zero-order chi connectivity index (χ0) is 15.7. The van der Waals surface area contributed by atoms with Gasteiger partial charge < -0.3 is 15.5 Å². The van der Waals surface area contributed by atoms with Crippen molar-refractivity contribution < 1.29 is 9.21 Å². The third-order valence-corrected chi connectivity index (χ3v) is 4.25. The second-order valence-corrected chi connectivity index (χ2v) is 6.00. The van der Waals surface area contributed by atoms with Crippen LogP contribution < -0.4 is 11.1 Å². The molecule has 1 aliphatic carbocycles. The number of hydrogen-bond acceptors (Lipinski definition) is 4. The number of nitrogens with one attached hydrogen (secondary N) is 1. The minimum atomic E-state index is 0.0184. The van der Waals surface area contributed by atoms with Crippen LogP contribution in [0.1, 0.15) is 30.7 Å². The normalized spacial score (nSPS) is 21.0. The molecule has 22 heavy (non-hydrogen) atoms. The Bertz CT molecular complexity index is 673. The quantitative estimate of drug-likeness (QED) is 0.912. The number of carbonyl (C=O) groups excluding carboxylic acids is 1. The zero-order valence-electron chi connectivity index (χ0n) is 12.9. The fourth-order valence-electron chi connectivity index (χ4n) is 2.83. The number of aromatic nitrogens is 1. The van der Waals surface area contributed by atoms with Crippen LogP contribution in [-0.2, 0) is 4.79 Å². The molecule has 2 atom stereocenters. The van der Waals surface area contributed by atoms with Crippen molar-refractivity contribution in [3.05, 3.63) is 35.7 Å². The molecule has 1 aromatic heterocycles. The van der Waals surface area contributed by atoms with Crippen molar-refractivity contribution in [1.82, 2.24) is 4.98 Å². The summed E-state index contributed by atoms with van der Waals surface area (Å²) in [5, 5.41) is 2.97. The molecule has 1 fully saturated rings. The molecule has 0 saturated heterocycles. The molecule has 3 rings (SSSR count). The molecule has 2 unspecified atom stereocenters. The second-order valence-electron chi connectivity index (χ2n) is 6.00. The lowest BCUT2D eigenvalue weighted by Crippen LogP contribution is -2.23. The van der Waals surface area contributed by atoms with Crippen LogP contribution in [0.2, 0.25) is 0 Å². The molecule has 5 nitrogen and oxygen atoms in total. The SMILES string of the molecule is Cc1nc(-c2cccc(NC(=O)C3CCC(N)C3)c2)oc1C. The lowest BCUT2D eigenvalue weighted by Gasteiger charge is -2.11. The first-order valence-corrected chi connectivity index (χ1v) is 7.64. The van der Waals surface area contributed by atoms with E-state index >= 15 is 0 Å². The van der Waals surface area contributed by atoms with Crippen LogP contribution in [-0.4, -0.2) is 16.9 Å². The van der Waals surface area contributed by atoms with Crippen molar-refractivity contribution in [3.63, 3.8) is 0 Å². The molecular weight excluding hydrogens is 278 g/mol. The number of nitrogens with zero attached hydrogens (tertiary/aromatic N) is 1. The average Bonchev–Trinajstić information content (AvgIpc) is 3.06. The second kappa shape index (κ2) is 5.93. The van der Waals surface area contributed by atoms with Crippen molar-refractivity contribution in [1.29, 1.82) is 0 Å². The van der Waals surface area contributed by atoms with Gasteiger partial charge in [0.15, 0.2) is 0 Å². The monoisotopic (exact) mass is 299 g/mol. The highest BCUT2D eigenvalue weighted by molar-refractivity contribution is 5.93. The van der Waals surface area contributed by atoms with Gasteiger partial charge in [0.25, 0.3) is 0 Å². The van der Waals surface area contributed by atoms with Gasteiger partial charge in [0.1, 0.15) is 5.76 Å². The molecular formula is C17H21N3O2. The van der Waals surface area contributed by atoms with Gasteiger partial charge in [-0.15, -0.1) is 0 Å². The number of amides is 1. The summed E-state index contributed by atoms with van der Waals surface area (Å²) in [6.07, 6.45) is 2.56. The van der Waals surface area contributed by atoms with Gasteiger partial charge >= 0.3 is 0 Å². The summed E-state index contributed by atoms with van der Waals surface area (Å²) < 4.78 is 5.63. The van der Waals surface area contributed by atoms with Gasteiger partial charge in [0.2, 0.25) is 11.8 Å². The smallest absolute Gasteiger partial charge is 0.227 e. The lowest BCUT2D eigenvalue weighted by atomic mass is 10.1. The highest BCUT2D eigenvalue weighted by atomic mass is 16.4. The van der Waals surface area contributed by atoms with E-state index in [1.54, 1.807) is 0 Å². The summed E-state index contributed by atoms with van der Waals surface area (Å²) in [5.74, 6) is 1.45. The fraction of sp³-hybridized carbons (Fsp3) is 0.412. The van der Waals surface area contributed by atoms with Crippen LogP contribution in [0.5, 0.6) is 0 Å². The van der Waals surface area contributed by atoms with E-state index in [0.29, 0.717) is 5.89 Å². The minimum absolute atomic E-state index is 0.0184. The van der Waals surface area contributed by atoms with Crippen molar-refractivity contribution in [3.8, 4) is 11.5 Å². The van der Waals surface area contributed by atoms with Crippen LogP contribution in [0.4, 0.5) is 5.69 Å². The van der Waals surface area contributed by atoms with Crippen LogP contribution in [0.25, 0.3) is 11.5 Å². The van der Waals surface area contributed by atoms with E-state index in [1.807, 2.05) is 38.1 Å². The van der Waals surface area contributed by atoms with Crippen molar-refractivity contribution >= 4 is 11.6 Å². The first-order chi connectivity index (χ1) is 10.5. The molecule has 0 aliphatic heterocycles. The third-order valence-electron chi connectivity index (χ3n) is 4.25.